The number of hydrogen-bond acceptors (Lipinski definition) is 2. The van der Waals surface area contributed by atoms with Crippen LogP contribution in [0.2, 0.25) is 0 Å². The second kappa shape index (κ2) is 5.47. The van der Waals surface area contributed by atoms with Crippen molar-refractivity contribution in [3.05, 3.63) is 24.0 Å². The Morgan fingerprint density at radius 3 is 2.95 bits per heavy atom. The van der Waals surface area contributed by atoms with Crippen LogP contribution in [0.5, 0.6) is 0 Å². The number of aliphatic carboxylic acids is 1. The zero-order valence-corrected chi connectivity index (χ0v) is 11.2. The number of carbonyl (C=O) groups is 2. The molecular weight excluding hydrogens is 244 g/mol. The van der Waals surface area contributed by atoms with Gasteiger partial charge in [-0.15, -0.1) is 0 Å². The van der Waals surface area contributed by atoms with Crippen molar-refractivity contribution >= 4 is 11.9 Å². The van der Waals surface area contributed by atoms with Gasteiger partial charge in [0.15, 0.2) is 0 Å². The molecule has 19 heavy (non-hydrogen) atoms. The fourth-order valence-electron chi connectivity index (χ4n) is 2.67. The number of H-pyrrole nitrogens is 1. The van der Waals surface area contributed by atoms with Gasteiger partial charge < -0.3 is 15.0 Å². The molecule has 1 aromatic rings. The maximum Gasteiger partial charge on any atom is 0.329 e. The molecule has 0 aromatic carbocycles. The number of aromatic nitrogens is 1. The van der Waals surface area contributed by atoms with E-state index >= 15 is 0 Å². The number of carbonyl (C=O) groups excluding carboxylic acids is 1. The van der Waals surface area contributed by atoms with Gasteiger partial charge >= 0.3 is 5.97 Å². The van der Waals surface area contributed by atoms with Crippen LogP contribution in [0.3, 0.4) is 0 Å². The Morgan fingerprint density at radius 1 is 1.53 bits per heavy atom. The Hall–Kier alpha value is -1.78. The number of likely N-dealkylation sites (tertiary alicyclic amines) is 1. The lowest BCUT2D eigenvalue weighted by Crippen LogP contribution is -2.50. The monoisotopic (exact) mass is 264 g/mol. The van der Waals surface area contributed by atoms with Gasteiger partial charge in [-0.25, -0.2) is 4.79 Å². The first kappa shape index (κ1) is 13.6. The molecule has 1 unspecified atom stereocenters. The fraction of sp³-hybridized carbons (Fsp3) is 0.571. The summed E-state index contributed by atoms with van der Waals surface area (Å²) in [5, 5.41) is 9.27. The van der Waals surface area contributed by atoms with E-state index in [4.69, 9.17) is 0 Å². The molecule has 0 bridgehead atoms. The lowest BCUT2D eigenvalue weighted by molar-refractivity contribution is -0.155. The summed E-state index contributed by atoms with van der Waals surface area (Å²) < 4.78 is 0. The molecule has 0 radical (unpaired) electrons. The van der Waals surface area contributed by atoms with Crippen LogP contribution in [0.4, 0.5) is 0 Å². The molecule has 1 aliphatic heterocycles. The summed E-state index contributed by atoms with van der Waals surface area (Å²) in [6.45, 7) is 2.20. The number of nitrogens with one attached hydrogen (secondary N) is 1. The third kappa shape index (κ3) is 2.80. The predicted octanol–water partition coefficient (Wildman–Crippen LogP) is 1.80. The van der Waals surface area contributed by atoms with Gasteiger partial charge in [0, 0.05) is 24.9 Å². The Kier molecular flexibility index (Phi) is 3.93. The zero-order chi connectivity index (χ0) is 13.9. The van der Waals surface area contributed by atoms with E-state index in [-0.39, 0.29) is 5.91 Å². The Bertz CT molecular complexity index is 455. The molecule has 0 saturated carbocycles. The van der Waals surface area contributed by atoms with Gasteiger partial charge in [0.25, 0.3) is 0 Å². The summed E-state index contributed by atoms with van der Waals surface area (Å²) in [5.74, 6) is -0.948. The number of aryl methyl sites for hydroxylation is 1. The fourth-order valence-corrected chi connectivity index (χ4v) is 2.67. The van der Waals surface area contributed by atoms with Crippen LogP contribution in [0.15, 0.2) is 18.3 Å². The minimum atomic E-state index is -1.01. The van der Waals surface area contributed by atoms with Crippen LogP contribution in [-0.2, 0) is 16.0 Å². The number of carboxylic acid groups (broad SMARTS) is 1. The molecule has 1 aliphatic rings. The molecule has 104 valence electrons. The van der Waals surface area contributed by atoms with Crippen LogP contribution >= 0.6 is 0 Å². The molecular formula is C14H20N2O3. The van der Waals surface area contributed by atoms with Crippen molar-refractivity contribution < 1.29 is 14.7 Å². The molecule has 5 heteroatoms. The van der Waals surface area contributed by atoms with E-state index in [9.17, 15) is 14.7 Å². The maximum atomic E-state index is 12.1. The second-order valence-corrected chi connectivity index (χ2v) is 5.28. The van der Waals surface area contributed by atoms with Crippen molar-refractivity contribution in [2.45, 2.75) is 44.6 Å². The van der Waals surface area contributed by atoms with Crippen LogP contribution in [0.1, 0.15) is 38.3 Å². The lowest BCUT2D eigenvalue weighted by atomic mass is 9.99. The zero-order valence-electron chi connectivity index (χ0n) is 11.2. The van der Waals surface area contributed by atoms with E-state index in [1.54, 1.807) is 6.92 Å². The Morgan fingerprint density at radius 2 is 2.32 bits per heavy atom. The van der Waals surface area contributed by atoms with E-state index in [1.165, 1.54) is 4.90 Å². The number of aromatic amines is 1. The molecule has 2 N–H and O–H groups in total. The molecule has 1 saturated heterocycles. The average Bonchev–Trinajstić information content (AvgIpc) is 2.99. The maximum absolute atomic E-state index is 12.1. The molecule has 1 atom stereocenters. The van der Waals surface area contributed by atoms with Gasteiger partial charge in [-0.3, -0.25) is 4.79 Å². The van der Waals surface area contributed by atoms with Crippen molar-refractivity contribution in [2.24, 2.45) is 0 Å². The van der Waals surface area contributed by atoms with Gasteiger partial charge in [-0.1, -0.05) is 0 Å². The standard InChI is InChI=1S/C14H20N2O3/c1-14(13(18)19)8-4-10-16(14)12(17)7-2-5-11-6-3-9-15-11/h3,6,9,15H,2,4-5,7-8,10H2,1H3,(H,18,19). The Balaban J connectivity index is 1.87. The highest BCUT2D eigenvalue weighted by molar-refractivity contribution is 5.87. The van der Waals surface area contributed by atoms with Crippen LogP contribution < -0.4 is 0 Å². The number of hydrogen-bond donors (Lipinski definition) is 2. The minimum absolute atomic E-state index is 0.0473. The van der Waals surface area contributed by atoms with E-state index in [2.05, 4.69) is 4.98 Å². The van der Waals surface area contributed by atoms with Gasteiger partial charge in [-0.2, -0.15) is 0 Å². The summed E-state index contributed by atoms with van der Waals surface area (Å²) in [4.78, 5) is 28.1. The second-order valence-electron chi connectivity index (χ2n) is 5.28. The molecule has 2 rings (SSSR count). The van der Waals surface area contributed by atoms with Gasteiger partial charge in [-0.05, 0) is 44.7 Å². The Labute approximate surface area is 112 Å². The first-order valence-corrected chi connectivity index (χ1v) is 6.70. The molecule has 1 aromatic heterocycles. The van der Waals surface area contributed by atoms with Gasteiger partial charge in [0.05, 0.1) is 0 Å². The number of rotatable bonds is 5. The third-order valence-corrected chi connectivity index (χ3v) is 3.90. The average molecular weight is 264 g/mol. The molecule has 0 spiro atoms. The summed E-state index contributed by atoms with van der Waals surface area (Å²) in [6.07, 6.45) is 5.14. The van der Waals surface area contributed by atoms with Gasteiger partial charge in [0.1, 0.15) is 5.54 Å². The van der Waals surface area contributed by atoms with Crippen molar-refractivity contribution in [1.82, 2.24) is 9.88 Å². The molecule has 1 fully saturated rings. The molecule has 2 heterocycles. The SMILES string of the molecule is CC1(C(=O)O)CCCN1C(=O)CCCc1ccc[nH]1. The summed E-state index contributed by atoms with van der Waals surface area (Å²) in [6, 6.07) is 3.92. The molecule has 1 amide bonds. The lowest BCUT2D eigenvalue weighted by Gasteiger charge is -2.31. The number of carboxylic acids is 1. The van der Waals surface area contributed by atoms with Gasteiger partial charge in [0.2, 0.25) is 5.91 Å². The van der Waals surface area contributed by atoms with Crippen LogP contribution in [0, 0.1) is 0 Å². The third-order valence-electron chi connectivity index (χ3n) is 3.90. The highest BCUT2D eigenvalue weighted by Crippen LogP contribution is 2.30. The normalized spacial score (nSPS) is 22.7. The summed E-state index contributed by atoms with van der Waals surface area (Å²) >= 11 is 0. The topological polar surface area (TPSA) is 73.4 Å². The van der Waals surface area contributed by atoms with E-state index in [0.717, 1.165) is 25.0 Å². The highest BCUT2D eigenvalue weighted by atomic mass is 16.4. The number of nitrogens with zero attached hydrogens (tertiary/aromatic N) is 1. The summed E-state index contributed by atoms with van der Waals surface area (Å²) in [7, 11) is 0. The van der Waals surface area contributed by atoms with Crippen LogP contribution in [-0.4, -0.2) is 39.0 Å². The van der Waals surface area contributed by atoms with Crippen molar-refractivity contribution in [1.29, 1.82) is 0 Å². The molecule has 5 nitrogen and oxygen atoms in total. The first-order chi connectivity index (χ1) is 9.04. The highest BCUT2D eigenvalue weighted by Gasteiger charge is 2.45. The minimum Gasteiger partial charge on any atom is -0.480 e. The predicted molar refractivity (Wildman–Crippen MR) is 70.7 cm³/mol. The quantitative estimate of drug-likeness (QED) is 0.851. The first-order valence-electron chi connectivity index (χ1n) is 6.70. The molecule has 0 aliphatic carbocycles. The van der Waals surface area contributed by atoms with Crippen molar-refractivity contribution in [3.63, 3.8) is 0 Å². The van der Waals surface area contributed by atoms with E-state index in [1.807, 2.05) is 18.3 Å². The summed E-state index contributed by atoms with van der Waals surface area (Å²) in [5.41, 5.74) is 0.0963. The van der Waals surface area contributed by atoms with E-state index in [0.29, 0.717) is 19.4 Å². The largest absolute Gasteiger partial charge is 0.480 e. The smallest absolute Gasteiger partial charge is 0.329 e. The van der Waals surface area contributed by atoms with Crippen LogP contribution in [0.25, 0.3) is 0 Å². The number of amides is 1. The van der Waals surface area contributed by atoms with Crippen molar-refractivity contribution in [2.75, 3.05) is 6.54 Å². The van der Waals surface area contributed by atoms with Crippen molar-refractivity contribution in [3.8, 4) is 0 Å². The van der Waals surface area contributed by atoms with E-state index < -0.39 is 11.5 Å².